The van der Waals surface area contributed by atoms with E-state index in [-0.39, 0.29) is 43.1 Å². The van der Waals surface area contributed by atoms with Crippen LogP contribution in [0.15, 0.2) is 48.5 Å². The lowest BCUT2D eigenvalue weighted by Crippen LogP contribution is -2.43. The number of rotatable bonds is 5. The van der Waals surface area contributed by atoms with E-state index in [0.29, 0.717) is 17.7 Å². The summed E-state index contributed by atoms with van der Waals surface area (Å²) < 4.78 is 0. The van der Waals surface area contributed by atoms with Crippen molar-refractivity contribution in [2.45, 2.75) is 19.3 Å². The number of para-hydroxylation sites is 1. The molecule has 4 amide bonds. The first-order valence-electron chi connectivity index (χ1n) is 9.66. The third-order valence-electron chi connectivity index (χ3n) is 5.29. The molecule has 2 aromatic rings. The van der Waals surface area contributed by atoms with E-state index in [0.717, 1.165) is 29.0 Å². The van der Waals surface area contributed by atoms with E-state index >= 15 is 0 Å². The number of carbonyl (C=O) groups excluding carboxylic acids is 4. The van der Waals surface area contributed by atoms with Crippen molar-refractivity contribution in [1.29, 1.82) is 0 Å². The second-order valence-electron chi connectivity index (χ2n) is 7.11. The lowest BCUT2D eigenvalue weighted by molar-refractivity contribution is -0.125. The normalized spacial score (nSPS) is 15.2. The molecule has 0 fully saturated rings. The van der Waals surface area contributed by atoms with E-state index in [2.05, 4.69) is 5.32 Å². The molecule has 2 aromatic carbocycles. The predicted octanol–water partition coefficient (Wildman–Crippen LogP) is 1.77. The Balaban J connectivity index is 1.30. The zero-order valence-electron chi connectivity index (χ0n) is 15.9. The van der Waals surface area contributed by atoms with Crippen LogP contribution in [-0.4, -0.2) is 48.2 Å². The maximum atomic E-state index is 12.6. The summed E-state index contributed by atoms with van der Waals surface area (Å²) in [7, 11) is 0. The van der Waals surface area contributed by atoms with Crippen LogP contribution in [0.25, 0.3) is 0 Å². The minimum Gasteiger partial charge on any atom is -0.347 e. The van der Waals surface area contributed by atoms with Gasteiger partial charge in [-0.15, -0.1) is 0 Å². The Hall–Kier alpha value is -3.48. The average Bonchev–Trinajstić information content (AvgIpc) is 3.00. The van der Waals surface area contributed by atoms with Crippen LogP contribution in [0.2, 0.25) is 0 Å². The highest BCUT2D eigenvalue weighted by atomic mass is 16.2. The van der Waals surface area contributed by atoms with Gasteiger partial charge in [-0.25, -0.2) is 0 Å². The summed E-state index contributed by atoms with van der Waals surface area (Å²) in [5.41, 5.74) is 2.74. The number of fused-ring (bicyclic) bond motifs is 2. The van der Waals surface area contributed by atoms with Gasteiger partial charge in [-0.2, -0.15) is 0 Å². The molecule has 0 radical (unpaired) electrons. The first-order chi connectivity index (χ1) is 14.1. The van der Waals surface area contributed by atoms with Gasteiger partial charge >= 0.3 is 0 Å². The molecule has 0 saturated carbocycles. The van der Waals surface area contributed by atoms with Gasteiger partial charge in [-0.1, -0.05) is 30.3 Å². The maximum absolute atomic E-state index is 12.6. The van der Waals surface area contributed by atoms with Crippen LogP contribution in [0, 0.1) is 0 Å². The van der Waals surface area contributed by atoms with Gasteiger partial charge < -0.3 is 10.2 Å². The molecule has 2 heterocycles. The number of nitrogens with zero attached hydrogens (tertiary/aromatic N) is 2. The fraction of sp³-hybridized carbons (Fsp3) is 0.273. The van der Waals surface area contributed by atoms with E-state index in [1.807, 2.05) is 24.3 Å². The van der Waals surface area contributed by atoms with Gasteiger partial charge in [0.05, 0.1) is 17.7 Å². The van der Waals surface area contributed by atoms with Gasteiger partial charge in [-0.05, 0) is 36.6 Å². The minimum atomic E-state index is -0.389. The van der Waals surface area contributed by atoms with E-state index in [9.17, 15) is 19.2 Å². The molecule has 7 heteroatoms. The molecule has 7 nitrogen and oxygen atoms in total. The molecule has 2 aliphatic heterocycles. The Kier molecular flexibility index (Phi) is 5.12. The van der Waals surface area contributed by atoms with E-state index in [1.54, 1.807) is 29.2 Å². The monoisotopic (exact) mass is 391 g/mol. The van der Waals surface area contributed by atoms with Crippen molar-refractivity contribution < 1.29 is 19.2 Å². The molecule has 4 rings (SSSR count). The molecule has 0 atom stereocenters. The number of amides is 4. The summed E-state index contributed by atoms with van der Waals surface area (Å²) in [6.07, 6.45) is 1.78. The zero-order valence-corrected chi connectivity index (χ0v) is 15.9. The standard InChI is InChI=1S/C22H21N3O4/c26-19(11-13-25-21(28)16-8-2-3-9-17(16)22(25)29)23-14-20(27)24-12-5-7-15-6-1-4-10-18(15)24/h1-4,6,8-10H,5,7,11-14H2,(H,23,26). The van der Waals surface area contributed by atoms with Gasteiger partial charge in [0.1, 0.15) is 0 Å². The number of anilines is 1. The third kappa shape index (κ3) is 3.63. The highest BCUT2D eigenvalue weighted by molar-refractivity contribution is 6.21. The van der Waals surface area contributed by atoms with E-state index in [1.165, 1.54) is 0 Å². The molecule has 0 aromatic heterocycles. The van der Waals surface area contributed by atoms with E-state index < -0.39 is 0 Å². The Morgan fingerprint density at radius 1 is 0.931 bits per heavy atom. The molecule has 0 aliphatic carbocycles. The lowest BCUT2D eigenvalue weighted by atomic mass is 10.0. The van der Waals surface area contributed by atoms with Crippen molar-refractivity contribution in [3.63, 3.8) is 0 Å². The predicted molar refractivity (Wildman–Crippen MR) is 107 cm³/mol. The highest BCUT2D eigenvalue weighted by Crippen LogP contribution is 2.26. The van der Waals surface area contributed by atoms with Crippen LogP contribution in [0.1, 0.15) is 39.1 Å². The summed E-state index contributed by atoms with van der Waals surface area (Å²) in [5, 5.41) is 2.61. The number of hydrogen-bond acceptors (Lipinski definition) is 4. The number of benzene rings is 2. The van der Waals surface area contributed by atoms with Crippen molar-refractivity contribution in [2.75, 3.05) is 24.5 Å². The average molecular weight is 391 g/mol. The van der Waals surface area contributed by atoms with Gasteiger partial charge in [0.25, 0.3) is 11.8 Å². The van der Waals surface area contributed by atoms with Crippen LogP contribution in [-0.2, 0) is 16.0 Å². The Labute approximate surface area is 168 Å². The molecule has 2 aliphatic rings. The van der Waals surface area contributed by atoms with E-state index in [4.69, 9.17) is 0 Å². The first kappa shape index (κ1) is 18.9. The van der Waals surface area contributed by atoms with Crippen LogP contribution in [0.5, 0.6) is 0 Å². The first-order valence-corrected chi connectivity index (χ1v) is 9.66. The highest BCUT2D eigenvalue weighted by Gasteiger charge is 2.35. The number of imide groups is 1. The summed E-state index contributed by atoms with van der Waals surface area (Å²) in [6.45, 7) is 0.495. The fourth-order valence-corrected chi connectivity index (χ4v) is 3.81. The van der Waals surface area contributed by atoms with Gasteiger partial charge in [0.2, 0.25) is 11.8 Å². The summed E-state index contributed by atoms with van der Waals surface area (Å²) in [5.74, 6) is -1.33. The van der Waals surface area contributed by atoms with Gasteiger partial charge in [0.15, 0.2) is 0 Å². The molecular formula is C22H21N3O4. The molecular weight excluding hydrogens is 370 g/mol. The topological polar surface area (TPSA) is 86.8 Å². The van der Waals surface area contributed by atoms with Crippen LogP contribution < -0.4 is 10.2 Å². The second kappa shape index (κ2) is 7.87. The maximum Gasteiger partial charge on any atom is 0.261 e. The van der Waals surface area contributed by atoms with Crippen LogP contribution in [0.4, 0.5) is 5.69 Å². The van der Waals surface area contributed by atoms with Crippen molar-refractivity contribution in [1.82, 2.24) is 10.2 Å². The third-order valence-corrected chi connectivity index (χ3v) is 5.29. The number of hydrogen-bond donors (Lipinski definition) is 1. The number of nitrogens with one attached hydrogen (secondary N) is 1. The van der Waals surface area contributed by atoms with Crippen molar-refractivity contribution in [3.05, 3.63) is 65.2 Å². The summed E-state index contributed by atoms with van der Waals surface area (Å²) in [6, 6.07) is 14.4. The van der Waals surface area contributed by atoms with Crippen molar-refractivity contribution in [3.8, 4) is 0 Å². The molecule has 0 unspecified atom stereocenters. The zero-order chi connectivity index (χ0) is 20.4. The molecule has 0 spiro atoms. The Morgan fingerprint density at radius 3 is 2.31 bits per heavy atom. The number of aryl methyl sites for hydroxylation is 1. The lowest BCUT2D eigenvalue weighted by Gasteiger charge is -2.29. The second-order valence-corrected chi connectivity index (χ2v) is 7.11. The molecule has 0 saturated heterocycles. The SMILES string of the molecule is O=C(CCN1C(=O)c2ccccc2C1=O)NCC(=O)N1CCCc2ccccc21. The summed E-state index contributed by atoms with van der Waals surface area (Å²) in [4.78, 5) is 52.2. The fourth-order valence-electron chi connectivity index (χ4n) is 3.81. The molecule has 0 bridgehead atoms. The van der Waals surface area contributed by atoms with Gasteiger partial charge in [0, 0.05) is 25.2 Å². The Morgan fingerprint density at radius 2 is 1.59 bits per heavy atom. The summed E-state index contributed by atoms with van der Waals surface area (Å²) >= 11 is 0. The minimum absolute atomic E-state index is 0.0150. The molecule has 148 valence electrons. The number of carbonyl (C=O) groups is 4. The van der Waals surface area contributed by atoms with Crippen molar-refractivity contribution in [2.24, 2.45) is 0 Å². The largest absolute Gasteiger partial charge is 0.347 e. The van der Waals surface area contributed by atoms with Crippen LogP contribution in [0.3, 0.4) is 0 Å². The van der Waals surface area contributed by atoms with Crippen molar-refractivity contribution >= 4 is 29.3 Å². The molecule has 29 heavy (non-hydrogen) atoms. The molecule has 1 N–H and O–H groups in total. The van der Waals surface area contributed by atoms with Gasteiger partial charge in [-0.3, -0.25) is 24.1 Å². The Bertz CT molecular complexity index is 966. The van der Waals surface area contributed by atoms with Crippen LogP contribution >= 0.6 is 0 Å². The quantitative estimate of drug-likeness (QED) is 0.787. The smallest absolute Gasteiger partial charge is 0.261 e.